The van der Waals surface area contributed by atoms with E-state index in [9.17, 15) is 0 Å². The molecule has 3 rings (SSSR count). The summed E-state index contributed by atoms with van der Waals surface area (Å²) in [5.41, 5.74) is 2.10. The summed E-state index contributed by atoms with van der Waals surface area (Å²) in [5.74, 6) is 0.944. The van der Waals surface area contributed by atoms with Gasteiger partial charge in [0.25, 0.3) is 0 Å². The number of ether oxygens (including phenoxy) is 1. The molecule has 1 aromatic carbocycles. The van der Waals surface area contributed by atoms with Crippen molar-refractivity contribution in [1.29, 1.82) is 0 Å². The first-order chi connectivity index (χ1) is 8.88. The summed E-state index contributed by atoms with van der Waals surface area (Å²) >= 11 is 0. The number of nitrogens with zero attached hydrogens (tertiary/aromatic N) is 2. The molecular weight excluding hydrogens is 228 g/mol. The van der Waals surface area contributed by atoms with Crippen molar-refractivity contribution in [2.24, 2.45) is 0 Å². The highest BCUT2D eigenvalue weighted by Crippen LogP contribution is 2.20. The molecule has 1 unspecified atom stereocenters. The Balaban J connectivity index is 1.91. The van der Waals surface area contributed by atoms with Crippen LogP contribution >= 0.6 is 0 Å². The maximum absolute atomic E-state index is 5.54. The lowest BCUT2D eigenvalue weighted by Crippen LogP contribution is -2.50. The molecule has 0 amide bonds. The molecule has 1 aliphatic rings. The van der Waals surface area contributed by atoms with Crippen LogP contribution in [0.4, 0.5) is 5.95 Å². The zero-order valence-electron chi connectivity index (χ0n) is 10.5. The topological polar surface area (TPSA) is 53.2 Å². The van der Waals surface area contributed by atoms with Crippen molar-refractivity contribution in [3.8, 4) is 0 Å². The number of benzene rings is 1. The Bertz CT molecular complexity index is 489. The van der Waals surface area contributed by atoms with Crippen LogP contribution < -0.4 is 10.2 Å². The minimum Gasteiger partial charge on any atom is -0.377 e. The van der Waals surface area contributed by atoms with Crippen LogP contribution in [0.2, 0.25) is 0 Å². The van der Waals surface area contributed by atoms with Gasteiger partial charge in [-0.15, -0.1) is 0 Å². The lowest BCUT2D eigenvalue weighted by molar-refractivity contribution is 0.0936. The van der Waals surface area contributed by atoms with Gasteiger partial charge in [0, 0.05) is 13.1 Å². The van der Waals surface area contributed by atoms with E-state index < -0.39 is 0 Å². The molecule has 0 saturated carbocycles. The molecule has 1 aromatic heterocycles. The number of para-hydroxylation sites is 2. The van der Waals surface area contributed by atoms with Gasteiger partial charge in [-0.1, -0.05) is 12.1 Å². The minimum atomic E-state index is 0.337. The minimum absolute atomic E-state index is 0.337. The second kappa shape index (κ2) is 4.96. The normalized spacial score (nSPS) is 20.5. The number of hydrogen-bond donors (Lipinski definition) is 2. The molecule has 5 heteroatoms. The monoisotopic (exact) mass is 246 g/mol. The van der Waals surface area contributed by atoms with E-state index in [2.05, 4.69) is 26.3 Å². The Kier molecular flexibility index (Phi) is 3.17. The Hall–Kier alpha value is -1.59. The molecule has 0 aliphatic carbocycles. The second-order valence-electron chi connectivity index (χ2n) is 4.56. The molecule has 1 atom stereocenters. The van der Waals surface area contributed by atoms with Crippen LogP contribution in [-0.4, -0.2) is 49.4 Å². The van der Waals surface area contributed by atoms with Crippen molar-refractivity contribution >= 4 is 17.0 Å². The summed E-state index contributed by atoms with van der Waals surface area (Å²) in [6.07, 6.45) is 0. The summed E-state index contributed by atoms with van der Waals surface area (Å²) in [6, 6.07) is 8.46. The van der Waals surface area contributed by atoms with Crippen molar-refractivity contribution in [3.05, 3.63) is 24.3 Å². The molecule has 0 bridgehead atoms. The van der Waals surface area contributed by atoms with Crippen LogP contribution in [0.3, 0.4) is 0 Å². The summed E-state index contributed by atoms with van der Waals surface area (Å²) < 4.78 is 5.54. The van der Waals surface area contributed by atoms with Gasteiger partial charge in [-0.05, 0) is 19.2 Å². The molecule has 5 nitrogen and oxygen atoms in total. The number of aromatic amines is 1. The van der Waals surface area contributed by atoms with Crippen molar-refractivity contribution in [3.63, 3.8) is 0 Å². The number of anilines is 1. The first-order valence-corrected chi connectivity index (χ1v) is 6.32. The largest absolute Gasteiger partial charge is 0.377 e. The smallest absolute Gasteiger partial charge is 0.204 e. The Morgan fingerprint density at radius 3 is 3.22 bits per heavy atom. The number of hydrogen-bond acceptors (Lipinski definition) is 4. The zero-order chi connectivity index (χ0) is 12.4. The number of aromatic nitrogens is 2. The second-order valence-corrected chi connectivity index (χ2v) is 4.56. The van der Waals surface area contributed by atoms with Gasteiger partial charge in [-0.25, -0.2) is 4.98 Å². The highest BCUT2D eigenvalue weighted by molar-refractivity contribution is 5.77. The van der Waals surface area contributed by atoms with Crippen LogP contribution in [0.15, 0.2) is 24.3 Å². The van der Waals surface area contributed by atoms with E-state index in [-0.39, 0.29) is 0 Å². The molecule has 2 N–H and O–H groups in total. The van der Waals surface area contributed by atoms with Crippen LogP contribution in [0.1, 0.15) is 0 Å². The Morgan fingerprint density at radius 2 is 2.39 bits per heavy atom. The SMILES string of the molecule is CNCC1COCCN1c1nc2ccccc2[nH]1. The third-order valence-corrected chi connectivity index (χ3v) is 3.32. The van der Waals surface area contributed by atoms with Gasteiger partial charge in [0.2, 0.25) is 5.95 Å². The van der Waals surface area contributed by atoms with Gasteiger partial charge >= 0.3 is 0 Å². The standard InChI is InChI=1S/C13H18N4O/c1-14-8-10-9-18-7-6-17(10)13-15-11-4-2-3-5-12(11)16-13/h2-5,10,14H,6-9H2,1H3,(H,15,16). The predicted molar refractivity (Wildman–Crippen MR) is 72.0 cm³/mol. The van der Waals surface area contributed by atoms with Crippen LogP contribution in [0.5, 0.6) is 0 Å². The van der Waals surface area contributed by atoms with E-state index in [0.29, 0.717) is 6.04 Å². The van der Waals surface area contributed by atoms with E-state index >= 15 is 0 Å². The zero-order valence-corrected chi connectivity index (χ0v) is 10.5. The number of nitrogens with one attached hydrogen (secondary N) is 2. The molecule has 2 aromatic rings. The van der Waals surface area contributed by atoms with Crippen molar-refractivity contribution < 1.29 is 4.74 Å². The number of H-pyrrole nitrogens is 1. The predicted octanol–water partition coefficient (Wildman–Crippen LogP) is 0.987. The van der Waals surface area contributed by atoms with E-state index in [1.807, 2.05) is 25.2 Å². The lowest BCUT2D eigenvalue weighted by atomic mass is 10.2. The van der Waals surface area contributed by atoms with Crippen LogP contribution in [0, 0.1) is 0 Å². The fourth-order valence-electron chi connectivity index (χ4n) is 2.41. The van der Waals surface area contributed by atoms with Gasteiger partial charge in [0.15, 0.2) is 0 Å². The van der Waals surface area contributed by atoms with E-state index in [1.54, 1.807) is 0 Å². The highest BCUT2D eigenvalue weighted by Gasteiger charge is 2.24. The molecule has 2 heterocycles. The third-order valence-electron chi connectivity index (χ3n) is 3.32. The van der Waals surface area contributed by atoms with E-state index in [1.165, 1.54) is 0 Å². The average Bonchev–Trinajstić information content (AvgIpc) is 2.83. The quantitative estimate of drug-likeness (QED) is 0.848. The Labute approximate surface area is 106 Å². The molecule has 0 spiro atoms. The van der Waals surface area contributed by atoms with Gasteiger partial charge in [0.1, 0.15) is 0 Å². The fraction of sp³-hybridized carbons (Fsp3) is 0.462. The maximum Gasteiger partial charge on any atom is 0.204 e. The maximum atomic E-state index is 5.54. The van der Waals surface area contributed by atoms with E-state index in [0.717, 1.165) is 43.3 Å². The molecule has 18 heavy (non-hydrogen) atoms. The molecule has 1 aliphatic heterocycles. The van der Waals surface area contributed by atoms with Gasteiger partial charge in [0.05, 0.1) is 30.3 Å². The third kappa shape index (κ3) is 2.07. The molecular formula is C13H18N4O. The highest BCUT2D eigenvalue weighted by atomic mass is 16.5. The van der Waals surface area contributed by atoms with Crippen molar-refractivity contribution in [2.45, 2.75) is 6.04 Å². The lowest BCUT2D eigenvalue weighted by Gasteiger charge is -2.35. The summed E-state index contributed by atoms with van der Waals surface area (Å²) in [5, 5.41) is 3.21. The van der Waals surface area contributed by atoms with Gasteiger partial charge < -0.3 is 19.9 Å². The van der Waals surface area contributed by atoms with Gasteiger partial charge in [-0.3, -0.25) is 0 Å². The number of rotatable bonds is 3. The number of imidazole rings is 1. The Morgan fingerprint density at radius 1 is 1.50 bits per heavy atom. The molecule has 1 saturated heterocycles. The van der Waals surface area contributed by atoms with E-state index in [4.69, 9.17) is 4.74 Å². The number of morpholine rings is 1. The van der Waals surface area contributed by atoms with Crippen LogP contribution in [-0.2, 0) is 4.74 Å². The molecule has 1 fully saturated rings. The first-order valence-electron chi connectivity index (χ1n) is 6.32. The summed E-state index contributed by atoms with van der Waals surface area (Å²) in [7, 11) is 1.96. The number of fused-ring (bicyclic) bond motifs is 1. The van der Waals surface area contributed by atoms with Crippen molar-refractivity contribution in [2.75, 3.05) is 38.3 Å². The van der Waals surface area contributed by atoms with Gasteiger partial charge in [-0.2, -0.15) is 0 Å². The van der Waals surface area contributed by atoms with Crippen LogP contribution in [0.25, 0.3) is 11.0 Å². The molecule has 0 radical (unpaired) electrons. The fourth-order valence-corrected chi connectivity index (χ4v) is 2.41. The molecule has 96 valence electrons. The first kappa shape index (κ1) is 11.5. The van der Waals surface area contributed by atoms with Crippen molar-refractivity contribution in [1.82, 2.24) is 15.3 Å². The summed E-state index contributed by atoms with van der Waals surface area (Å²) in [6.45, 7) is 3.29. The number of likely N-dealkylation sites (N-methyl/N-ethyl adjacent to an activating group) is 1. The summed E-state index contributed by atoms with van der Waals surface area (Å²) in [4.78, 5) is 10.3. The average molecular weight is 246 g/mol.